The van der Waals surface area contributed by atoms with Crippen molar-refractivity contribution in [1.29, 1.82) is 0 Å². The lowest BCUT2D eigenvalue weighted by atomic mass is 10.2. The predicted octanol–water partition coefficient (Wildman–Crippen LogP) is 0.544. The molecule has 0 spiro atoms. The molecular weight excluding hydrogens is 164 g/mol. The van der Waals surface area contributed by atoms with Crippen molar-refractivity contribution in [3.63, 3.8) is 0 Å². The minimum Gasteiger partial charge on any atom is -0.509 e. The maximum Gasteiger partial charge on any atom is 0.332 e. The van der Waals surface area contributed by atoms with Crippen LogP contribution < -0.4 is 0 Å². The lowest BCUT2D eigenvalue weighted by molar-refractivity contribution is -0.139. The van der Waals surface area contributed by atoms with Crippen molar-refractivity contribution in [2.24, 2.45) is 0 Å². The van der Waals surface area contributed by atoms with Crippen molar-refractivity contribution in [3.05, 3.63) is 24.0 Å². The molecule has 66 valence electrons. The Kier molecular flexibility index (Phi) is 3.55. The molecule has 5 nitrogen and oxygen atoms in total. The van der Waals surface area contributed by atoms with E-state index >= 15 is 0 Å². The summed E-state index contributed by atoms with van der Waals surface area (Å²) in [7, 11) is 0. The molecule has 5 heteroatoms. The Balaban J connectivity index is 4.55. The van der Waals surface area contributed by atoms with Gasteiger partial charge in [-0.05, 0) is 6.08 Å². The minimum atomic E-state index is -1.38. The number of carbonyl (C=O) groups is 2. The van der Waals surface area contributed by atoms with Gasteiger partial charge >= 0.3 is 11.9 Å². The SMILES string of the molecule is C=C(O)/C=C(/CC(=O)O)C(=O)O. The second kappa shape index (κ2) is 4.17. The Morgan fingerprint density at radius 2 is 1.75 bits per heavy atom. The van der Waals surface area contributed by atoms with Crippen LogP contribution in [0.1, 0.15) is 6.42 Å². The molecule has 0 heterocycles. The molecule has 3 N–H and O–H groups in total. The highest BCUT2D eigenvalue weighted by Gasteiger charge is 2.11. The first-order valence-electron chi connectivity index (χ1n) is 2.97. The number of allylic oxidation sites excluding steroid dienone is 1. The van der Waals surface area contributed by atoms with Crippen LogP contribution in [0.4, 0.5) is 0 Å². The van der Waals surface area contributed by atoms with Crippen molar-refractivity contribution < 1.29 is 24.9 Å². The summed E-state index contributed by atoms with van der Waals surface area (Å²) in [5, 5.41) is 25.2. The first kappa shape index (κ1) is 10.2. The average molecular weight is 172 g/mol. The molecule has 0 radical (unpaired) electrons. The zero-order valence-electron chi connectivity index (χ0n) is 6.15. The molecule has 0 saturated heterocycles. The van der Waals surface area contributed by atoms with Gasteiger partial charge in [-0.1, -0.05) is 6.58 Å². The minimum absolute atomic E-state index is 0.407. The summed E-state index contributed by atoms with van der Waals surface area (Å²) in [6, 6.07) is 0. The number of aliphatic hydroxyl groups is 1. The van der Waals surface area contributed by atoms with E-state index in [0.717, 1.165) is 6.08 Å². The monoisotopic (exact) mass is 172 g/mol. The second-order valence-corrected chi connectivity index (χ2v) is 2.04. The Bertz CT molecular complexity index is 251. The van der Waals surface area contributed by atoms with Crippen LogP contribution in [-0.2, 0) is 9.59 Å². The Morgan fingerprint density at radius 1 is 1.25 bits per heavy atom. The summed E-state index contributed by atoms with van der Waals surface area (Å²) in [6.45, 7) is 3.01. The number of carboxylic acids is 2. The van der Waals surface area contributed by atoms with Crippen LogP contribution in [0.2, 0.25) is 0 Å². The molecule has 0 aliphatic carbocycles. The van der Waals surface area contributed by atoms with Crippen molar-refractivity contribution in [2.75, 3.05) is 0 Å². The fourth-order valence-corrected chi connectivity index (χ4v) is 0.552. The van der Waals surface area contributed by atoms with Gasteiger partial charge in [0.1, 0.15) is 5.76 Å². The van der Waals surface area contributed by atoms with Crippen LogP contribution in [0.3, 0.4) is 0 Å². The molecule has 0 fully saturated rings. The number of aliphatic carboxylic acids is 2. The van der Waals surface area contributed by atoms with E-state index in [4.69, 9.17) is 15.3 Å². The highest BCUT2D eigenvalue weighted by molar-refractivity contribution is 5.92. The van der Waals surface area contributed by atoms with Gasteiger partial charge in [0.2, 0.25) is 0 Å². The lowest BCUT2D eigenvalue weighted by Gasteiger charge is -1.96. The van der Waals surface area contributed by atoms with Gasteiger partial charge in [0.15, 0.2) is 0 Å². The standard InChI is InChI=1S/C7H8O5/c1-4(8)2-5(7(11)12)3-6(9)10/h2,8H,1,3H2,(H,9,10)(H,11,12)/b5-2-. The van der Waals surface area contributed by atoms with E-state index < -0.39 is 29.7 Å². The summed E-state index contributed by atoms with van der Waals surface area (Å²) in [5.74, 6) is -3.13. The normalized spacial score (nSPS) is 10.8. The molecule has 0 atom stereocenters. The predicted molar refractivity (Wildman–Crippen MR) is 39.7 cm³/mol. The molecule has 0 rings (SSSR count). The molecule has 0 unspecified atom stereocenters. The first-order chi connectivity index (χ1) is 5.43. The average Bonchev–Trinajstić information content (AvgIpc) is 1.83. The van der Waals surface area contributed by atoms with Gasteiger partial charge in [0.05, 0.1) is 12.0 Å². The summed E-state index contributed by atoms with van der Waals surface area (Å²) in [5.41, 5.74) is -0.407. The highest BCUT2D eigenvalue weighted by Crippen LogP contribution is 2.04. The molecule has 0 saturated carbocycles. The quantitative estimate of drug-likeness (QED) is 0.327. The number of rotatable bonds is 4. The molecule has 0 aromatic heterocycles. The van der Waals surface area contributed by atoms with Crippen molar-refractivity contribution in [2.45, 2.75) is 6.42 Å². The summed E-state index contributed by atoms with van der Waals surface area (Å²) in [6.07, 6.45) is 0.158. The third-order valence-corrected chi connectivity index (χ3v) is 0.957. The maximum atomic E-state index is 10.3. The fourth-order valence-electron chi connectivity index (χ4n) is 0.552. The highest BCUT2D eigenvalue weighted by atomic mass is 16.4. The molecule has 0 aromatic carbocycles. The summed E-state index contributed by atoms with van der Waals surface area (Å²) in [4.78, 5) is 20.4. The number of hydrogen-bond donors (Lipinski definition) is 3. The zero-order valence-corrected chi connectivity index (χ0v) is 6.15. The molecule has 0 bridgehead atoms. The molecule has 0 aliphatic heterocycles. The van der Waals surface area contributed by atoms with Gasteiger partial charge in [-0.3, -0.25) is 4.79 Å². The maximum absolute atomic E-state index is 10.3. The summed E-state index contributed by atoms with van der Waals surface area (Å²) < 4.78 is 0. The third-order valence-electron chi connectivity index (χ3n) is 0.957. The molecule has 12 heavy (non-hydrogen) atoms. The topological polar surface area (TPSA) is 94.8 Å². The van der Waals surface area contributed by atoms with Gasteiger partial charge in [-0.15, -0.1) is 0 Å². The van der Waals surface area contributed by atoms with Crippen molar-refractivity contribution in [1.82, 2.24) is 0 Å². The summed E-state index contributed by atoms with van der Waals surface area (Å²) >= 11 is 0. The van der Waals surface area contributed by atoms with Crippen LogP contribution in [0.25, 0.3) is 0 Å². The van der Waals surface area contributed by atoms with E-state index in [1.165, 1.54) is 0 Å². The van der Waals surface area contributed by atoms with Gasteiger partial charge in [-0.2, -0.15) is 0 Å². The van der Waals surface area contributed by atoms with E-state index in [1.54, 1.807) is 0 Å². The molecule has 0 aliphatic rings. The lowest BCUT2D eigenvalue weighted by Crippen LogP contribution is -2.06. The largest absolute Gasteiger partial charge is 0.509 e. The smallest absolute Gasteiger partial charge is 0.332 e. The van der Waals surface area contributed by atoms with Crippen molar-refractivity contribution >= 4 is 11.9 Å². The zero-order chi connectivity index (χ0) is 9.72. The van der Waals surface area contributed by atoms with Crippen molar-refractivity contribution in [3.8, 4) is 0 Å². The number of carboxylic acid groups (broad SMARTS) is 2. The van der Waals surface area contributed by atoms with Gasteiger partial charge in [0, 0.05) is 0 Å². The Morgan fingerprint density at radius 3 is 2.00 bits per heavy atom. The van der Waals surface area contributed by atoms with E-state index in [-0.39, 0.29) is 0 Å². The van der Waals surface area contributed by atoms with E-state index in [9.17, 15) is 9.59 Å². The van der Waals surface area contributed by atoms with Crippen LogP contribution >= 0.6 is 0 Å². The van der Waals surface area contributed by atoms with E-state index in [0.29, 0.717) is 0 Å². The Hall–Kier alpha value is -1.78. The fraction of sp³-hybridized carbons (Fsp3) is 0.143. The van der Waals surface area contributed by atoms with Crippen LogP contribution in [-0.4, -0.2) is 27.3 Å². The van der Waals surface area contributed by atoms with E-state index in [2.05, 4.69) is 6.58 Å². The van der Waals surface area contributed by atoms with Crippen LogP contribution in [0.5, 0.6) is 0 Å². The van der Waals surface area contributed by atoms with Gasteiger partial charge < -0.3 is 15.3 Å². The molecule has 0 amide bonds. The van der Waals surface area contributed by atoms with Gasteiger partial charge in [-0.25, -0.2) is 4.79 Å². The Labute approximate surface area is 68.3 Å². The number of aliphatic hydroxyl groups excluding tert-OH is 1. The van der Waals surface area contributed by atoms with E-state index in [1.807, 2.05) is 0 Å². The first-order valence-corrected chi connectivity index (χ1v) is 2.97. The van der Waals surface area contributed by atoms with Crippen LogP contribution in [0.15, 0.2) is 24.0 Å². The molecular formula is C7H8O5. The second-order valence-electron chi connectivity index (χ2n) is 2.04. The molecule has 0 aromatic rings. The van der Waals surface area contributed by atoms with Gasteiger partial charge in [0.25, 0.3) is 0 Å². The van der Waals surface area contributed by atoms with Crippen LogP contribution in [0, 0.1) is 0 Å². The third kappa shape index (κ3) is 4.10. The number of hydrogen-bond acceptors (Lipinski definition) is 3.